The molecule has 1 fully saturated rings. The van der Waals surface area contributed by atoms with Gasteiger partial charge in [-0.15, -0.1) is 0 Å². The summed E-state index contributed by atoms with van der Waals surface area (Å²) >= 11 is 0. The smallest absolute Gasteiger partial charge is 0.220 e. The van der Waals surface area contributed by atoms with E-state index in [2.05, 4.69) is 41.8 Å². The summed E-state index contributed by atoms with van der Waals surface area (Å²) in [5.74, 6) is 1.88. The van der Waals surface area contributed by atoms with Gasteiger partial charge in [-0.2, -0.15) is 0 Å². The molecule has 1 aromatic rings. The van der Waals surface area contributed by atoms with E-state index in [1.165, 1.54) is 24.0 Å². The van der Waals surface area contributed by atoms with Crippen LogP contribution in [0.4, 0.5) is 0 Å². The van der Waals surface area contributed by atoms with Crippen molar-refractivity contribution in [3.05, 3.63) is 35.4 Å². The lowest BCUT2D eigenvalue weighted by Gasteiger charge is -2.31. The SMILES string of the molecule is CC(CC(=O)NCC1Cc2ccccc21)C1CCCNC1. The molecule has 1 amide bonds. The second kappa shape index (κ2) is 6.61. The zero-order valence-electron chi connectivity index (χ0n) is 12.9. The molecule has 114 valence electrons. The number of benzene rings is 1. The largest absolute Gasteiger partial charge is 0.355 e. The van der Waals surface area contributed by atoms with Gasteiger partial charge in [0.1, 0.15) is 0 Å². The van der Waals surface area contributed by atoms with E-state index in [4.69, 9.17) is 0 Å². The van der Waals surface area contributed by atoms with Gasteiger partial charge in [-0.1, -0.05) is 31.2 Å². The lowest BCUT2D eigenvalue weighted by atomic mass is 9.77. The van der Waals surface area contributed by atoms with E-state index in [0.717, 1.165) is 26.1 Å². The molecule has 1 aliphatic carbocycles. The maximum atomic E-state index is 12.1. The fourth-order valence-electron chi connectivity index (χ4n) is 3.68. The molecule has 0 spiro atoms. The lowest BCUT2D eigenvalue weighted by molar-refractivity contribution is -0.122. The third-order valence-electron chi connectivity index (χ3n) is 5.15. The Morgan fingerprint density at radius 3 is 3.05 bits per heavy atom. The van der Waals surface area contributed by atoms with Gasteiger partial charge >= 0.3 is 0 Å². The van der Waals surface area contributed by atoms with E-state index >= 15 is 0 Å². The van der Waals surface area contributed by atoms with E-state index in [9.17, 15) is 4.79 Å². The minimum atomic E-state index is 0.220. The Kier molecular flexibility index (Phi) is 4.59. The van der Waals surface area contributed by atoms with Crippen molar-refractivity contribution in [1.82, 2.24) is 10.6 Å². The molecule has 21 heavy (non-hydrogen) atoms. The number of hydrogen-bond acceptors (Lipinski definition) is 2. The van der Waals surface area contributed by atoms with Gasteiger partial charge < -0.3 is 10.6 Å². The van der Waals surface area contributed by atoms with Crippen LogP contribution in [0.3, 0.4) is 0 Å². The lowest BCUT2D eigenvalue weighted by Crippen LogP contribution is -2.37. The molecule has 1 aromatic carbocycles. The molecule has 1 heterocycles. The number of piperidine rings is 1. The molecule has 3 heteroatoms. The minimum absolute atomic E-state index is 0.220. The molecule has 3 atom stereocenters. The Morgan fingerprint density at radius 2 is 2.29 bits per heavy atom. The molecule has 0 saturated carbocycles. The van der Waals surface area contributed by atoms with Crippen molar-refractivity contribution < 1.29 is 4.79 Å². The number of nitrogens with one attached hydrogen (secondary N) is 2. The van der Waals surface area contributed by atoms with Gasteiger partial charge in [0.15, 0.2) is 0 Å². The molecule has 0 aromatic heterocycles. The average Bonchev–Trinajstić information content (AvgIpc) is 2.49. The monoisotopic (exact) mass is 286 g/mol. The zero-order valence-corrected chi connectivity index (χ0v) is 12.9. The Labute approximate surface area is 127 Å². The molecule has 1 saturated heterocycles. The van der Waals surface area contributed by atoms with Crippen LogP contribution < -0.4 is 10.6 Å². The highest BCUT2D eigenvalue weighted by molar-refractivity contribution is 5.76. The van der Waals surface area contributed by atoms with Crippen LogP contribution in [0.5, 0.6) is 0 Å². The van der Waals surface area contributed by atoms with Gasteiger partial charge in [-0.3, -0.25) is 4.79 Å². The summed E-state index contributed by atoms with van der Waals surface area (Å²) in [6.45, 7) is 5.22. The number of carbonyl (C=O) groups excluding carboxylic acids is 1. The third-order valence-corrected chi connectivity index (χ3v) is 5.15. The van der Waals surface area contributed by atoms with Crippen LogP contribution in [0.25, 0.3) is 0 Å². The summed E-state index contributed by atoms with van der Waals surface area (Å²) in [5, 5.41) is 6.57. The molecule has 2 N–H and O–H groups in total. The molecular formula is C18H26N2O. The van der Waals surface area contributed by atoms with Crippen molar-refractivity contribution in [2.24, 2.45) is 11.8 Å². The summed E-state index contributed by atoms with van der Waals surface area (Å²) in [7, 11) is 0. The van der Waals surface area contributed by atoms with Crippen LogP contribution >= 0.6 is 0 Å². The van der Waals surface area contributed by atoms with Crippen LogP contribution in [-0.2, 0) is 11.2 Å². The maximum absolute atomic E-state index is 12.1. The summed E-state index contributed by atoms with van der Waals surface area (Å²) in [6, 6.07) is 8.55. The van der Waals surface area contributed by atoms with Crippen LogP contribution in [0.15, 0.2) is 24.3 Å². The van der Waals surface area contributed by atoms with Crippen molar-refractivity contribution in [3.63, 3.8) is 0 Å². The molecule has 2 aliphatic rings. The second-order valence-corrected chi connectivity index (χ2v) is 6.69. The van der Waals surface area contributed by atoms with E-state index in [1.807, 2.05) is 0 Å². The van der Waals surface area contributed by atoms with Gasteiger partial charge in [-0.05, 0) is 55.3 Å². The van der Waals surface area contributed by atoms with E-state index in [0.29, 0.717) is 24.2 Å². The number of hydrogen-bond donors (Lipinski definition) is 2. The summed E-state index contributed by atoms with van der Waals surface area (Å²) < 4.78 is 0. The highest BCUT2D eigenvalue weighted by atomic mass is 16.1. The van der Waals surface area contributed by atoms with Gasteiger partial charge in [0.25, 0.3) is 0 Å². The third kappa shape index (κ3) is 3.46. The van der Waals surface area contributed by atoms with Gasteiger partial charge in [0.05, 0.1) is 0 Å². The van der Waals surface area contributed by atoms with E-state index in [1.54, 1.807) is 0 Å². The first-order valence-corrected chi connectivity index (χ1v) is 8.29. The summed E-state index contributed by atoms with van der Waals surface area (Å²) in [6.07, 6.45) is 4.28. The van der Waals surface area contributed by atoms with Crippen molar-refractivity contribution in [2.45, 2.75) is 38.5 Å². The second-order valence-electron chi connectivity index (χ2n) is 6.69. The topological polar surface area (TPSA) is 41.1 Å². The number of fused-ring (bicyclic) bond motifs is 1. The van der Waals surface area contributed by atoms with Crippen LogP contribution in [0.1, 0.15) is 43.2 Å². The molecular weight excluding hydrogens is 260 g/mol. The number of amides is 1. The molecule has 3 rings (SSSR count). The first kappa shape index (κ1) is 14.6. The number of rotatable bonds is 5. The van der Waals surface area contributed by atoms with Crippen molar-refractivity contribution in [2.75, 3.05) is 19.6 Å². The van der Waals surface area contributed by atoms with Gasteiger partial charge in [0.2, 0.25) is 5.91 Å². The Hall–Kier alpha value is -1.35. The molecule has 0 bridgehead atoms. The molecule has 3 unspecified atom stereocenters. The maximum Gasteiger partial charge on any atom is 0.220 e. The highest BCUT2D eigenvalue weighted by Crippen LogP contribution is 2.34. The Bertz CT molecular complexity index is 494. The van der Waals surface area contributed by atoms with Crippen molar-refractivity contribution >= 4 is 5.91 Å². The minimum Gasteiger partial charge on any atom is -0.355 e. The van der Waals surface area contributed by atoms with Gasteiger partial charge in [0, 0.05) is 18.9 Å². The van der Waals surface area contributed by atoms with Gasteiger partial charge in [-0.25, -0.2) is 0 Å². The predicted molar refractivity (Wildman–Crippen MR) is 85.3 cm³/mol. The first-order chi connectivity index (χ1) is 10.2. The van der Waals surface area contributed by atoms with E-state index in [-0.39, 0.29) is 5.91 Å². The highest BCUT2D eigenvalue weighted by Gasteiger charge is 2.26. The summed E-state index contributed by atoms with van der Waals surface area (Å²) in [5.41, 5.74) is 2.86. The normalized spacial score (nSPS) is 25.6. The van der Waals surface area contributed by atoms with Crippen molar-refractivity contribution in [1.29, 1.82) is 0 Å². The van der Waals surface area contributed by atoms with Crippen LogP contribution in [0, 0.1) is 11.8 Å². The predicted octanol–water partition coefficient (Wildman–Crippen LogP) is 2.47. The average molecular weight is 286 g/mol. The molecule has 3 nitrogen and oxygen atoms in total. The van der Waals surface area contributed by atoms with Crippen LogP contribution in [-0.4, -0.2) is 25.5 Å². The first-order valence-electron chi connectivity index (χ1n) is 8.29. The van der Waals surface area contributed by atoms with E-state index < -0.39 is 0 Å². The van der Waals surface area contributed by atoms with Crippen molar-refractivity contribution in [3.8, 4) is 0 Å². The Morgan fingerprint density at radius 1 is 1.43 bits per heavy atom. The molecule has 0 radical (unpaired) electrons. The standard InChI is InChI=1S/C18H26N2O/c1-13(15-6-4-8-19-11-15)9-18(21)20-12-16-10-14-5-2-3-7-17(14)16/h2-3,5,7,13,15-16,19H,4,6,8-12H2,1H3,(H,20,21). The fraction of sp³-hybridized carbons (Fsp3) is 0.611. The Balaban J connectivity index is 1.41. The van der Waals surface area contributed by atoms with Crippen LogP contribution in [0.2, 0.25) is 0 Å². The summed E-state index contributed by atoms with van der Waals surface area (Å²) in [4.78, 5) is 12.1. The quantitative estimate of drug-likeness (QED) is 0.873. The zero-order chi connectivity index (χ0) is 14.7. The number of carbonyl (C=O) groups is 1. The molecule has 1 aliphatic heterocycles. The fourth-order valence-corrected chi connectivity index (χ4v) is 3.68.